The zero-order valence-electron chi connectivity index (χ0n) is 10.6. The van der Waals surface area contributed by atoms with Crippen molar-refractivity contribution >= 4 is 15.9 Å². The third-order valence-electron chi connectivity index (χ3n) is 3.84. The van der Waals surface area contributed by atoms with Gasteiger partial charge in [0.1, 0.15) is 0 Å². The van der Waals surface area contributed by atoms with Crippen LogP contribution < -0.4 is 5.32 Å². The van der Waals surface area contributed by atoms with Crippen molar-refractivity contribution in [3.63, 3.8) is 0 Å². The summed E-state index contributed by atoms with van der Waals surface area (Å²) in [5, 5.41) is 3.71. The maximum Gasteiger partial charge on any atom is 0.0208 e. The quantitative estimate of drug-likeness (QED) is 0.862. The zero-order chi connectivity index (χ0) is 12.1. The van der Waals surface area contributed by atoms with E-state index in [-0.39, 0.29) is 0 Å². The Morgan fingerprint density at radius 2 is 2.24 bits per heavy atom. The van der Waals surface area contributed by atoms with Gasteiger partial charge in [-0.15, -0.1) is 0 Å². The molecule has 17 heavy (non-hydrogen) atoms. The zero-order valence-corrected chi connectivity index (χ0v) is 12.2. The molecule has 1 aromatic carbocycles. The van der Waals surface area contributed by atoms with Crippen LogP contribution in [-0.2, 0) is 6.54 Å². The summed E-state index contributed by atoms with van der Waals surface area (Å²) in [6.07, 6.45) is 6.89. The van der Waals surface area contributed by atoms with Crippen molar-refractivity contribution in [1.29, 1.82) is 0 Å². The first-order valence-corrected chi connectivity index (χ1v) is 7.55. The Morgan fingerprint density at radius 1 is 1.35 bits per heavy atom. The van der Waals surface area contributed by atoms with E-state index in [1.54, 1.807) is 0 Å². The Balaban J connectivity index is 1.81. The van der Waals surface area contributed by atoms with Crippen LogP contribution in [0.5, 0.6) is 0 Å². The highest BCUT2D eigenvalue weighted by atomic mass is 79.9. The molecule has 0 bridgehead atoms. The van der Waals surface area contributed by atoms with Gasteiger partial charge in [0.05, 0.1) is 0 Å². The van der Waals surface area contributed by atoms with Crippen molar-refractivity contribution in [2.24, 2.45) is 5.92 Å². The van der Waals surface area contributed by atoms with Crippen molar-refractivity contribution in [3.8, 4) is 0 Å². The Morgan fingerprint density at radius 3 is 3.00 bits per heavy atom. The van der Waals surface area contributed by atoms with E-state index in [9.17, 15) is 0 Å². The average molecular weight is 296 g/mol. The van der Waals surface area contributed by atoms with Crippen molar-refractivity contribution in [1.82, 2.24) is 5.32 Å². The van der Waals surface area contributed by atoms with E-state index in [0.29, 0.717) is 0 Å². The molecule has 0 amide bonds. The smallest absolute Gasteiger partial charge is 0.0208 e. The first kappa shape index (κ1) is 13.1. The van der Waals surface area contributed by atoms with Crippen molar-refractivity contribution < 1.29 is 0 Å². The number of rotatable bonds is 4. The molecule has 0 heterocycles. The fourth-order valence-electron chi connectivity index (χ4n) is 2.76. The molecule has 94 valence electrons. The van der Waals surface area contributed by atoms with E-state index in [2.05, 4.69) is 52.4 Å². The summed E-state index contributed by atoms with van der Waals surface area (Å²) >= 11 is 3.52. The van der Waals surface area contributed by atoms with E-state index in [0.717, 1.165) is 18.5 Å². The molecule has 1 aromatic rings. The summed E-state index contributed by atoms with van der Waals surface area (Å²) in [6.45, 7) is 3.32. The molecule has 0 aromatic heterocycles. The number of hydrogen-bond donors (Lipinski definition) is 1. The summed E-state index contributed by atoms with van der Waals surface area (Å²) in [7, 11) is 0. The summed E-state index contributed by atoms with van der Waals surface area (Å²) in [5.74, 6) is 0.948. The predicted octanol–water partition coefficient (Wildman–Crippen LogP) is 4.51. The van der Waals surface area contributed by atoms with Crippen LogP contribution in [0.25, 0.3) is 0 Å². The topological polar surface area (TPSA) is 12.0 Å². The van der Waals surface area contributed by atoms with Gasteiger partial charge in [0.15, 0.2) is 0 Å². The minimum atomic E-state index is 0.729. The minimum Gasteiger partial charge on any atom is -0.310 e. The van der Waals surface area contributed by atoms with Gasteiger partial charge in [-0.3, -0.25) is 0 Å². The summed E-state index contributed by atoms with van der Waals surface area (Å²) < 4.78 is 1.17. The number of benzene rings is 1. The first-order valence-electron chi connectivity index (χ1n) is 6.75. The van der Waals surface area contributed by atoms with Crippen molar-refractivity contribution in [3.05, 3.63) is 34.3 Å². The summed E-state index contributed by atoms with van der Waals surface area (Å²) in [5.41, 5.74) is 1.37. The standard InChI is InChI=1S/C15H22BrN/c1-2-12-5-4-8-15(10-12)17-11-13-6-3-7-14(16)9-13/h3,6-7,9,12,15,17H,2,4-5,8,10-11H2,1H3. The van der Waals surface area contributed by atoms with E-state index in [1.165, 1.54) is 42.1 Å². The highest BCUT2D eigenvalue weighted by Crippen LogP contribution is 2.26. The fraction of sp³-hybridized carbons (Fsp3) is 0.600. The highest BCUT2D eigenvalue weighted by molar-refractivity contribution is 9.10. The Hall–Kier alpha value is -0.340. The van der Waals surface area contributed by atoms with Gasteiger partial charge >= 0.3 is 0 Å². The Labute approximate surface area is 113 Å². The number of nitrogens with one attached hydrogen (secondary N) is 1. The molecule has 0 aliphatic heterocycles. The molecule has 2 unspecified atom stereocenters. The SMILES string of the molecule is CCC1CCCC(NCc2cccc(Br)c2)C1. The molecule has 1 N–H and O–H groups in total. The van der Waals surface area contributed by atoms with Gasteiger partial charge in [0.2, 0.25) is 0 Å². The predicted molar refractivity (Wildman–Crippen MR) is 77.0 cm³/mol. The maximum absolute atomic E-state index is 3.71. The largest absolute Gasteiger partial charge is 0.310 e. The molecule has 2 rings (SSSR count). The first-order chi connectivity index (χ1) is 8.28. The van der Waals surface area contributed by atoms with Gasteiger partial charge < -0.3 is 5.32 Å². The van der Waals surface area contributed by atoms with Crippen LogP contribution in [0.15, 0.2) is 28.7 Å². The Kier molecular flexibility index (Phi) is 5.05. The van der Waals surface area contributed by atoms with E-state index >= 15 is 0 Å². The Bertz CT molecular complexity index is 351. The third kappa shape index (κ3) is 4.11. The molecule has 1 aliphatic carbocycles. The van der Waals surface area contributed by atoms with Crippen LogP contribution in [0.2, 0.25) is 0 Å². The number of hydrogen-bond acceptors (Lipinski definition) is 1. The van der Waals surface area contributed by atoms with Crippen LogP contribution >= 0.6 is 15.9 Å². The molecular weight excluding hydrogens is 274 g/mol. The average Bonchev–Trinajstić information content (AvgIpc) is 2.37. The van der Waals surface area contributed by atoms with E-state index < -0.39 is 0 Å². The van der Waals surface area contributed by atoms with Gasteiger partial charge in [-0.2, -0.15) is 0 Å². The van der Waals surface area contributed by atoms with Gasteiger partial charge in [-0.1, -0.05) is 54.2 Å². The molecule has 2 heteroatoms. The van der Waals surface area contributed by atoms with Gasteiger partial charge in [0.25, 0.3) is 0 Å². The number of halogens is 1. The molecule has 1 aliphatic rings. The second kappa shape index (κ2) is 6.55. The lowest BCUT2D eigenvalue weighted by atomic mass is 9.84. The molecular formula is C15H22BrN. The fourth-order valence-corrected chi connectivity index (χ4v) is 3.20. The van der Waals surface area contributed by atoms with Crippen molar-refractivity contribution in [2.75, 3.05) is 0 Å². The van der Waals surface area contributed by atoms with Gasteiger partial charge in [-0.05, 0) is 36.5 Å². The molecule has 0 spiro atoms. The normalized spacial score (nSPS) is 24.8. The van der Waals surface area contributed by atoms with Crippen LogP contribution in [0.3, 0.4) is 0 Å². The minimum absolute atomic E-state index is 0.729. The highest BCUT2D eigenvalue weighted by Gasteiger charge is 2.19. The molecule has 0 saturated heterocycles. The molecule has 1 nitrogen and oxygen atoms in total. The van der Waals surface area contributed by atoms with Crippen LogP contribution in [0.4, 0.5) is 0 Å². The monoisotopic (exact) mass is 295 g/mol. The lowest BCUT2D eigenvalue weighted by molar-refractivity contribution is 0.278. The maximum atomic E-state index is 3.71. The van der Waals surface area contributed by atoms with E-state index in [4.69, 9.17) is 0 Å². The van der Waals surface area contributed by atoms with Crippen LogP contribution in [0, 0.1) is 5.92 Å². The second-order valence-electron chi connectivity index (χ2n) is 5.15. The van der Waals surface area contributed by atoms with Gasteiger partial charge in [0, 0.05) is 17.1 Å². The summed E-state index contributed by atoms with van der Waals surface area (Å²) in [4.78, 5) is 0. The third-order valence-corrected chi connectivity index (χ3v) is 4.34. The van der Waals surface area contributed by atoms with Crippen LogP contribution in [0.1, 0.15) is 44.6 Å². The lowest BCUT2D eigenvalue weighted by Crippen LogP contribution is -2.33. The van der Waals surface area contributed by atoms with Crippen molar-refractivity contribution in [2.45, 2.75) is 51.6 Å². The van der Waals surface area contributed by atoms with Crippen LogP contribution in [-0.4, -0.2) is 6.04 Å². The lowest BCUT2D eigenvalue weighted by Gasteiger charge is -2.29. The van der Waals surface area contributed by atoms with E-state index in [1.807, 2.05) is 0 Å². The van der Waals surface area contributed by atoms with Gasteiger partial charge in [-0.25, -0.2) is 0 Å². The summed E-state index contributed by atoms with van der Waals surface area (Å²) in [6, 6.07) is 9.31. The molecule has 2 atom stereocenters. The second-order valence-corrected chi connectivity index (χ2v) is 6.06. The molecule has 1 fully saturated rings. The molecule has 1 saturated carbocycles. The molecule has 0 radical (unpaired) electrons.